The molecule has 1 aromatic rings. The standard InChI is InChI=1S/C22H30ClN3O6S2/c1-21(22(7-8-22)32-20(28)25-10-9-24(2)18(27)12-25)14-31-13-16(11-15-3-4-15)26(21)34(29,30)19-6-5-17(23)33-19/h5-6,15-16H,3-4,7-14H2,1-2H3/t16-,21+/m1/s1. The number of ether oxygens (including phenoxy) is 2. The molecule has 2 saturated heterocycles. The number of carbonyl (C=O) groups excluding carboxylic acids is 2. The van der Waals surface area contributed by atoms with Gasteiger partial charge >= 0.3 is 6.09 Å². The van der Waals surface area contributed by atoms with Crippen LogP contribution in [0.4, 0.5) is 4.79 Å². The number of halogens is 1. The molecule has 1 aromatic heterocycles. The monoisotopic (exact) mass is 531 g/mol. The lowest BCUT2D eigenvalue weighted by Gasteiger charge is -2.51. The van der Waals surface area contributed by atoms with E-state index in [1.807, 2.05) is 6.92 Å². The van der Waals surface area contributed by atoms with Gasteiger partial charge in [-0.1, -0.05) is 24.4 Å². The fraction of sp³-hybridized carbons (Fsp3) is 0.727. The van der Waals surface area contributed by atoms with Crippen LogP contribution in [0, 0.1) is 5.92 Å². The number of amides is 2. The molecule has 4 fully saturated rings. The Morgan fingerprint density at radius 1 is 1.29 bits per heavy atom. The minimum Gasteiger partial charge on any atom is -0.441 e. The first-order chi connectivity index (χ1) is 16.1. The molecule has 12 heteroatoms. The molecule has 0 unspecified atom stereocenters. The van der Waals surface area contributed by atoms with Crippen LogP contribution in [0.2, 0.25) is 4.34 Å². The molecule has 4 aliphatic rings. The Labute approximate surface area is 209 Å². The molecule has 2 amide bonds. The summed E-state index contributed by atoms with van der Waals surface area (Å²) in [5, 5.41) is 0. The maximum absolute atomic E-state index is 14.0. The zero-order valence-electron chi connectivity index (χ0n) is 19.4. The first kappa shape index (κ1) is 24.3. The summed E-state index contributed by atoms with van der Waals surface area (Å²) in [5.41, 5.74) is -2.08. The third-order valence-corrected chi connectivity index (χ3v) is 11.3. The van der Waals surface area contributed by atoms with Gasteiger partial charge in [0.05, 0.1) is 23.1 Å². The van der Waals surface area contributed by atoms with Gasteiger partial charge in [0.15, 0.2) is 0 Å². The van der Waals surface area contributed by atoms with Gasteiger partial charge in [-0.15, -0.1) is 11.3 Å². The molecule has 5 rings (SSSR count). The van der Waals surface area contributed by atoms with Crippen molar-refractivity contribution in [1.29, 1.82) is 0 Å². The molecule has 0 N–H and O–H groups in total. The van der Waals surface area contributed by atoms with Crippen molar-refractivity contribution in [2.75, 3.05) is 39.9 Å². The number of nitrogens with zero attached hydrogens (tertiary/aromatic N) is 3. The summed E-state index contributed by atoms with van der Waals surface area (Å²) in [6.45, 7) is 3.03. The van der Waals surface area contributed by atoms with E-state index in [2.05, 4.69) is 0 Å². The van der Waals surface area contributed by atoms with Crippen molar-refractivity contribution < 1.29 is 27.5 Å². The van der Waals surface area contributed by atoms with Gasteiger partial charge in [0.25, 0.3) is 10.0 Å². The molecule has 2 atom stereocenters. The topological polar surface area (TPSA) is 96.5 Å². The van der Waals surface area contributed by atoms with Crippen LogP contribution < -0.4 is 0 Å². The van der Waals surface area contributed by atoms with Gasteiger partial charge in [0.1, 0.15) is 16.4 Å². The second-order valence-electron chi connectivity index (χ2n) is 10.1. The van der Waals surface area contributed by atoms with E-state index < -0.39 is 27.3 Å². The molecule has 34 heavy (non-hydrogen) atoms. The Balaban J connectivity index is 1.46. The van der Waals surface area contributed by atoms with Crippen molar-refractivity contribution >= 4 is 45.0 Å². The number of morpholine rings is 1. The molecule has 0 bridgehead atoms. The van der Waals surface area contributed by atoms with Gasteiger partial charge in [-0.25, -0.2) is 13.2 Å². The van der Waals surface area contributed by atoms with Crippen molar-refractivity contribution in [1.82, 2.24) is 14.1 Å². The number of hydrogen-bond acceptors (Lipinski definition) is 7. The van der Waals surface area contributed by atoms with Crippen molar-refractivity contribution in [2.45, 2.75) is 60.4 Å². The summed E-state index contributed by atoms with van der Waals surface area (Å²) >= 11 is 7.12. The van der Waals surface area contributed by atoms with E-state index in [0.717, 1.165) is 24.2 Å². The van der Waals surface area contributed by atoms with Crippen LogP contribution in [0.1, 0.15) is 39.0 Å². The van der Waals surface area contributed by atoms with E-state index in [4.69, 9.17) is 21.1 Å². The van der Waals surface area contributed by atoms with Crippen molar-refractivity contribution in [2.24, 2.45) is 5.92 Å². The zero-order chi connectivity index (χ0) is 24.3. The van der Waals surface area contributed by atoms with Crippen LogP contribution in [0.25, 0.3) is 0 Å². The van der Waals surface area contributed by atoms with Crippen molar-refractivity contribution in [3.63, 3.8) is 0 Å². The molecular weight excluding hydrogens is 502 g/mol. The lowest BCUT2D eigenvalue weighted by molar-refractivity contribution is -0.137. The third kappa shape index (κ3) is 4.23. The van der Waals surface area contributed by atoms with Crippen LogP contribution in [-0.4, -0.2) is 91.6 Å². The number of hydrogen-bond donors (Lipinski definition) is 0. The number of carbonyl (C=O) groups is 2. The minimum absolute atomic E-state index is 0.0430. The molecular formula is C22H30ClN3O6S2. The van der Waals surface area contributed by atoms with Crippen LogP contribution in [0.5, 0.6) is 0 Å². The Hall–Kier alpha value is -1.40. The summed E-state index contributed by atoms with van der Waals surface area (Å²) in [4.78, 5) is 28.2. The second kappa shape index (κ2) is 8.62. The summed E-state index contributed by atoms with van der Waals surface area (Å²) < 4.78 is 42.2. The van der Waals surface area contributed by atoms with Crippen LogP contribution in [-0.2, 0) is 24.3 Å². The predicted molar refractivity (Wildman–Crippen MR) is 126 cm³/mol. The molecule has 2 saturated carbocycles. The van der Waals surface area contributed by atoms with Gasteiger partial charge < -0.3 is 14.4 Å². The smallest absolute Gasteiger partial charge is 0.410 e. The van der Waals surface area contributed by atoms with Gasteiger partial charge in [-0.2, -0.15) is 4.31 Å². The molecule has 3 heterocycles. The number of thiophene rings is 1. The largest absolute Gasteiger partial charge is 0.441 e. The summed E-state index contributed by atoms with van der Waals surface area (Å²) in [5.74, 6) is 0.332. The average Bonchev–Trinajstić information content (AvgIpc) is 3.70. The highest BCUT2D eigenvalue weighted by atomic mass is 35.5. The van der Waals surface area contributed by atoms with E-state index in [-0.39, 0.29) is 29.3 Å². The normalized spacial score (nSPS) is 29.9. The van der Waals surface area contributed by atoms with Crippen LogP contribution in [0.15, 0.2) is 16.3 Å². The summed E-state index contributed by atoms with van der Waals surface area (Å²) in [6, 6.07) is 2.77. The maximum Gasteiger partial charge on any atom is 0.410 e. The molecule has 9 nitrogen and oxygen atoms in total. The third-order valence-electron chi connectivity index (χ3n) is 7.56. The highest BCUT2D eigenvalue weighted by Gasteiger charge is 2.68. The number of piperazine rings is 1. The average molecular weight is 532 g/mol. The maximum atomic E-state index is 14.0. The fourth-order valence-electron chi connectivity index (χ4n) is 5.17. The zero-order valence-corrected chi connectivity index (χ0v) is 21.8. The van der Waals surface area contributed by atoms with Gasteiger partial charge in [0, 0.05) is 26.2 Å². The van der Waals surface area contributed by atoms with Crippen LogP contribution >= 0.6 is 22.9 Å². The Morgan fingerprint density at radius 2 is 2.03 bits per heavy atom. The molecule has 0 spiro atoms. The van der Waals surface area contributed by atoms with Gasteiger partial charge in [0.2, 0.25) is 5.91 Å². The second-order valence-corrected chi connectivity index (χ2v) is 13.8. The Bertz CT molecular complexity index is 1090. The number of rotatable bonds is 6. The van der Waals surface area contributed by atoms with E-state index in [0.29, 0.717) is 49.2 Å². The summed E-state index contributed by atoms with van der Waals surface area (Å²) in [6.07, 6.45) is 3.38. The van der Waals surface area contributed by atoms with Gasteiger partial charge in [-0.05, 0) is 44.2 Å². The first-order valence-electron chi connectivity index (χ1n) is 11.7. The van der Waals surface area contributed by atoms with Crippen LogP contribution in [0.3, 0.4) is 0 Å². The molecule has 2 aliphatic heterocycles. The van der Waals surface area contributed by atoms with E-state index >= 15 is 0 Å². The Morgan fingerprint density at radius 3 is 2.62 bits per heavy atom. The fourth-order valence-corrected chi connectivity index (χ4v) is 8.74. The van der Waals surface area contributed by atoms with E-state index in [1.54, 1.807) is 22.3 Å². The number of likely N-dealkylation sites (N-methyl/N-ethyl adjacent to an activating group) is 1. The molecule has 188 valence electrons. The SMILES string of the molecule is CN1CCN(C(=O)OC2([C@]3(C)COC[C@@H](CC4CC4)N3S(=O)(=O)c3ccc(Cl)s3)CC2)CC1=O. The Kier molecular flexibility index (Phi) is 6.16. The summed E-state index contributed by atoms with van der Waals surface area (Å²) in [7, 11) is -2.21. The van der Waals surface area contributed by atoms with E-state index in [1.165, 1.54) is 11.0 Å². The van der Waals surface area contributed by atoms with E-state index in [9.17, 15) is 18.0 Å². The van der Waals surface area contributed by atoms with Crippen molar-refractivity contribution in [3.8, 4) is 0 Å². The molecule has 2 aliphatic carbocycles. The highest BCUT2D eigenvalue weighted by Crippen LogP contribution is 2.55. The minimum atomic E-state index is -3.91. The lowest BCUT2D eigenvalue weighted by Crippen LogP contribution is -2.69. The van der Waals surface area contributed by atoms with Gasteiger partial charge in [-0.3, -0.25) is 9.69 Å². The number of sulfonamides is 1. The molecule has 0 aromatic carbocycles. The van der Waals surface area contributed by atoms with Crippen molar-refractivity contribution in [3.05, 3.63) is 16.5 Å². The lowest BCUT2D eigenvalue weighted by atomic mass is 9.89. The predicted octanol–water partition coefficient (Wildman–Crippen LogP) is 2.79. The quantitative estimate of drug-likeness (QED) is 0.560. The highest BCUT2D eigenvalue weighted by molar-refractivity contribution is 7.91. The first-order valence-corrected chi connectivity index (χ1v) is 14.3. The molecule has 0 radical (unpaired) electrons.